The van der Waals surface area contributed by atoms with Gasteiger partial charge in [-0.15, -0.1) is 0 Å². The zero-order valence-electron chi connectivity index (χ0n) is 16.2. The number of hydrogen-bond acceptors (Lipinski definition) is 3. The normalized spacial score (nSPS) is 14.3. The van der Waals surface area contributed by atoms with Crippen LogP contribution in [0.2, 0.25) is 0 Å². The van der Waals surface area contributed by atoms with Gasteiger partial charge in [0.25, 0.3) is 0 Å². The number of anilines is 1. The van der Waals surface area contributed by atoms with Crippen LogP contribution in [0, 0.1) is 5.92 Å². The van der Waals surface area contributed by atoms with Crippen LogP contribution in [0.15, 0.2) is 54.6 Å². The van der Waals surface area contributed by atoms with E-state index in [4.69, 9.17) is 4.74 Å². The molecule has 0 atom stereocenters. The van der Waals surface area contributed by atoms with E-state index in [1.165, 1.54) is 5.69 Å². The van der Waals surface area contributed by atoms with E-state index in [1.54, 1.807) is 0 Å². The molecule has 2 aromatic carbocycles. The van der Waals surface area contributed by atoms with E-state index in [0.717, 1.165) is 37.5 Å². The molecule has 0 radical (unpaired) electrons. The van der Waals surface area contributed by atoms with Crippen LogP contribution in [0.25, 0.3) is 0 Å². The van der Waals surface area contributed by atoms with Gasteiger partial charge in [-0.2, -0.15) is 0 Å². The Morgan fingerprint density at radius 1 is 1.00 bits per heavy atom. The van der Waals surface area contributed by atoms with Gasteiger partial charge in [0.1, 0.15) is 5.75 Å². The minimum atomic E-state index is -0.0126. The van der Waals surface area contributed by atoms with Crippen molar-refractivity contribution in [2.45, 2.75) is 20.4 Å². The quantitative estimate of drug-likeness (QED) is 0.846. The van der Waals surface area contributed by atoms with Crippen LogP contribution in [0.5, 0.6) is 5.75 Å². The molecule has 1 heterocycles. The van der Waals surface area contributed by atoms with Crippen molar-refractivity contribution < 1.29 is 9.53 Å². The summed E-state index contributed by atoms with van der Waals surface area (Å²) in [4.78, 5) is 16.8. The van der Waals surface area contributed by atoms with Gasteiger partial charge in [-0.1, -0.05) is 50.2 Å². The molecule has 27 heavy (non-hydrogen) atoms. The first-order valence-electron chi connectivity index (χ1n) is 9.67. The molecule has 1 aliphatic heterocycles. The molecule has 0 aromatic heterocycles. The molecule has 0 spiro atoms. The lowest BCUT2D eigenvalue weighted by Gasteiger charge is -2.36. The third-order valence-electron chi connectivity index (χ3n) is 4.66. The van der Waals surface area contributed by atoms with Crippen molar-refractivity contribution in [2.24, 2.45) is 5.92 Å². The standard InChI is InChI=1S/C22H29N3O2/c1-18(2)17-27-21-11-7-6-8-19(21)16-23-22(26)25-14-12-24(13-15-25)20-9-4-3-5-10-20/h3-11,18H,12-17H2,1-2H3,(H,23,26). The number of urea groups is 1. The minimum absolute atomic E-state index is 0.0126. The molecule has 1 fully saturated rings. The van der Waals surface area contributed by atoms with Crippen LogP contribution in [-0.2, 0) is 6.54 Å². The molecule has 144 valence electrons. The second kappa shape index (κ2) is 9.31. The molecular formula is C22H29N3O2. The van der Waals surface area contributed by atoms with E-state index in [2.05, 4.69) is 36.2 Å². The van der Waals surface area contributed by atoms with Crippen molar-refractivity contribution in [3.8, 4) is 5.75 Å². The molecule has 0 saturated carbocycles. The van der Waals surface area contributed by atoms with Gasteiger partial charge in [0.05, 0.1) is 6.61 Å². The van der Waals surface area contributed by atoms with Gasteiger partial charge in [0.2, 0.25) is 0 Å². The van der Waals surface area contributed by atoms with Gasteiger partial charge in [-0.3, -0.25) is 0 Å². The number of para-hydroxylation sites is 2. The predicted octanol–water partition coefficient (Wildman–Crippen LogP) is 3.75. The molecule has 1 N–H and O–H groups in total. The first kappa shape index (κ1) is 19.1. The first-order valence-corrected chi connectivity index (χ1v) is 9.67. The van der Waals surface area contributed by atoms with Gasteiger partial charge in [-0.25, -0.2) is 4.79 Å². The monoisotopic (exact) mass is 367 g/mol. The van der Waals surface area contributed by atoms with E-state index < -0.39 is 0 Å². The van der Waals surface area contributed by atoms with Gasteiger partial charge in [0, 0.05) is 44.0 Å². The molecule has 0 aliphatic carbocycles. The molecule has 2 aromatic rings. The summed E-state index contributed by atoms with van der Waals surface area (Å²) in [5.74, 6) is 1.31. The van der Waals surface area contributed by atoms with Crippen LogP contribution in [0.4, 0.5) is 10.5 Å². The number of benzene rings is 2. The minimum Gasteiger partial charge on any atom is -0.493 e. The number of nitrogens with one attached hydrogen (secondary N) is 1. The Bertz CT molecular complexity index is 725. The maximum atomic E-state index is 12.5. The summed E-state index contributed by atoms with van der Waals surface area (Å²) >= 11 is 0. The van der Waals surface area contributed by atoms with Crippen LogP contribution in [-0.4, -0.2) is 43.7 Å². The maximum absolute atomic E-state index is 12.5. The topological polar surface area (TPSA) is 44.8 Å². The number of carbonyl (C=O) groups excluding carboxylic acids is 1. The van der Waals surface area contributed by atoms with E-state index in [0.29, 0.717) is 19.1 Å². The van der Waals surface area contributed by atoms with E-state index in [9.17, 15) is 4.79 Å². The largest absolute Gasteiger partial charge is 0.493 e. The van der Waals surface area contributed by atoms with Crippen molar-refractivity contribution in [2.75, 3.05) is 37.7 Å². The molecule has 2 amide bonds. The molecule has 0 unspecified atom stereocenters. The van der Waals surface area contributed by atoms with Crippen molar-refractivity contribution in [3.63, 3.8) is 0 Å². The highest BCUT2D eigenvalue weighted by Crippen LogP contribution is 2.19. The summed E-state index contributed by atoms with van der Waals surface area (Å²) in [6, 6.07) is 18.2. The number of hydrogen-bond donors (Lipinski definition) is 1. The number of piperazine rings is 1. The smallest absolute Gasteiger partial charge is 0.317 e. The zero-order valence-corrected chi connectivity index (χ0v) is 16.2. The van der Waals surface area contributed by atoms with Crippen LogP contribution in [0.1, 0.15) is 19.4 Å². The van der Waals surface area contributed by atoms with Crippen LogP contribution >= 0.6 is 0 Å². The number of carbonyl (C=O) groups is 1. The van der Waals surface area contributed by atoms with Gasteiger partial charge < -0.3 is 19.9 Å². The summed E-state index contributed by atoms with van der Waals surface area (Å²) < 4.78 is 5.87. The fourth-order valence-electron chi connectivity index (χ4n) is 3.14. The Labute approximate surface area is 161 Å². The molecule has 1 saturated heterocycles. The lowest BCUT2D eigenvalue weighted by atomic mass is 10.2. The Morgan fingerprint density at radius 2 is 1.67 bits per heavy atom. The SMILES string of the molecule is CC(C)COc1ccccc1CNC(=O)N1CCN(c2ccccc2)CC1. The van der Waals surface area contributed by atoms with Crippen molar-refractivity contribution in [3.05, 3.63) is 60.2 Å². The molecule has 5 nitrogen and oxygen atoms in total. The van der Waals surface area contributed by atoms with Crippen molar-refractivity contribution in [1.82, 2.24) is 10.2 Å². The summed E-state index contributed by atoms with van der Waals surface area (Å²) in [7, 11) is 0. The molecule has 1 aliphatic rings. The van der Waals surface area contributed by atoms with E-state index >= 15 is 0 Å². The summed E-state index contributed by atoms with van der Waals surface area (Å²) in [5, 5.41) is 3.04. The molecular weight excluding hydrogens is 338 g/mol. The Morgan fingerprint density at radius 3 is 2.37 bits per heavy atom. The van der Waals surface area contributed by atoms with Crippen LogP contribution < -0.4 is 15.0 Å². The fraction of sp³-hybridized carbons (Fsp3) is 0.409. The number of ether oxygens (including phenoxy) is 1. The molecule has 5 heteroatoms. The second-order valence-corrected chi connectivity index (χ2v) is 7.28. The maximum Gasteiger partial charge on any atom is 0.317 e. The number of nitrogens with zero attached hydrogens (tertiary/aromatic N) is 2. The summed E-state index contributed by atoms with van der Waals surface area (Å²) in [6.07, 6.45) is 0. The zero-order chi connectivity index (χ0) is 19.1. The summed E-state index contributed by atoms with van der Waals surface area (Å²) in [6.45, 7) is 8.56. The number of amides is 2. The van der Waals surface area contributed by atoms with Crippen molar-refractivity contribution >= 4 is 11.7 Å². The first-order chi connectivity index (χ1) is 13.1. The second-order valence-electron chi connectivity index (χ2n) is 7.28. The average molecular weight is 367 g/mol. The molecule has 0 bridgehead atoms. The number of rotatable bonds is 6. The third kappa shape index (κ3) is 5.39. The van der Waals surface area contributed by atoms with Gasteiger partial charge in [-0.05, 0) is 24.1 Å². The van der Waals surface area contributed by atoms with E-state index in [-0.39, 0.29) is 6.03 Å². The Hall–Kier alpha value is -2.69. The van der Waals surface area contributed by atoms with Gasteiger partial charge in [0.15, 0.2) is 0 Å². The highest BCUT2D eigenvalue weighted by atomic mass is 16.5. The predicted molar refractivity (Wildman–Crippen MR) is 109 cm³/mol. The highest BCUT2D eigenvalue weighted by Gasteiger charge is 2.21. The summed E-state index contributed by atoms with van der Waals surface area (Å²) in [5.41, 5.74) is 2.23. The molecule has 3 rings (SSSR count). The average Bonchev–Trinajstić information content (AvgIpc) is 2.72. The van der Waals surface area contributed by atoms with E-state index in [1.807, 2.05) is 47.4 Å². The lowest BCUT2D eigenvalue weighted by Crippen LogP contribution is -2.51. The van der Waals surface area contributed by atoms with Gasteiger partial charge >= 0.3 is 6.03 Å². The van der Waals surface area contributed by atoms with Crippen molar-refractivity contribution in [1.29, 1.82) is 0 Å². The van der Waals surface area contributed by atoms with Crippen LogP contribution in [0.3, 0.4) is 0 Å². The Kier molecular flexibility index (Phi) is 6.58. The fourth-order valence-corrected chi connectivity index (χ4v) is 3.14. The Balaban J connectivity index is 1.49. The lowest BCUT2D eigenvalue weighted by molar-refractivity contribution is 0.193. The third-order valence-corrected chi connectivity index (χ3v) is 4.66. The highest BCUT2D eigenvalue weighted by molar-refractivity contribution is 5.74.